The summed E-state index contributed by atoms with van der Waals surface area (Å²) in [6.07, 6.45) is 2.23. The van der Waals surface area contributed by atoms with Crippen LogP contribution in [0.25, 0.3) is 0 Å². The van der Waals surface area contributed by atoms with Crippen molar-refractivity contribution >= 4 is 45.7 Å². The number of thiazole rings is 1. The van der Waals surface area contributed by atoms with Gasteiger partial charge in [0.25, 0.3) is 0 Å². The van der Waals surface area contributed by atoms with Crippen LogP contribution < -0.4 is 10.2 Å². The number of carbonyl (C=O) groups excluding carboxylic acids is 2. The fraction of sp³-hybridized carbons (Fsp3) is 0.312. The number of hydrogen-bond donors (Lipinski definition) is 1. The van der Waals surface area contributed by atoms with Gasteiger partial charge in [-0.3, -0.25) is 9.59 Å². The second-order valence-electron chi connectivity index (χ2n) is 5.39. The lowest BCUT2D eigenvalue weighted by atomic mass is 10.1. The van der Waals surface area contributed by atoms with E-state index in [-0.39, 0.29) is 24.2 Å². The third-order valence-electron chi connectivity index (χ3n) is 3.71. The maximum atomic E-state index is 12.3. The molecule has 3 rings (SSSR count). The van der Waals surface area contributed by atoms with E-state index in [1.807, 2.05) is 42.8 Å². The fourth-order valence-corrected chi connectivity index (χ4v) is 3.67. The van der Waals surface area contributed by atoms with Crippen LogP contribution in [0.15, 0.2) is 34.5 Å². The van der Waals surface area contributed by atoms with E-state index in [0.717, 1.165) is 16.3 Å². The first-order valence-electron chi connectivity index (χ1n) is 7.24. The summed E-state index contributed by atoms with van der Waals surface area (Å²) in [6, 6.07) is 7.82. The van der Waals surface area contributed by atoms with Crippen LogP contribution in [0.5, 0.6) is 0 Å². The minimum absolute atomic E-state index is 0.0151. The highest BCUT2D eigenvalue weighted by atomic mass is 32.2. The Labute approximate surface area is 143 Å². The zero-order chi connectivity index (χ0) is 16.4. The molecule has 0 bridgehead atoms. The Bertz CT molecular complexity index is 744. The molecule has 0 aliphatic carbocycles. The number of carbonyl (C=O) groups is 2. The molecule has 120 valence electrons. The summed E-state index contributed by atoms with van der Waals surface area (Å²) >= 11 is 3.03. The minimum atomic E-state index is -0.343. The Balaban J connectivity index is 1.70. The van der Waals surface area contributed by atoms with E-state index in [1.54, 1.807) is 16.7 Å². The molecule has 2 amide bonds. The summed E-state index contributed by atoms with van der Waals surface area (Å²) in [7, 11) is 0. The van der Waals surface area contributed by atoms with Crippen molar-refractivity contribution in [3.63, 3.8) is 0 Å². The molecule has 1 atom stereocenters. The molecule has 1 aromatic carbocycles. The first-order valence-corrected chi connectivity index (χ1v) is 9.34. The second-order valence-corrected chi connectivity index (χ2v) is 7.13. The van der Waals surface area contributed by atoms with Crippen molar-refractivity contribution in [3.8, 4) is 0 Å². The van der Waals surface area contributed by atoms with Gasteiger partial charge in [-0.1, -0.05) is 6.07 Å². The van der Waals surface area contributed by atoms with E-state index in [4.69, 9.17) is 0 Å². The van der Waals surface area contributed by atoms with Gasteiger partial charge in [-0.25, -0.2) is 4.98 Å². The highest BCUT2D eigenvalue weighted by Crippen LogP contribution is 2.29. The molecule has 1 unspecified atom stereocenters. The van der Waals surface area contributed by atoms with Crippen LogP contribution in [-0.4, -0.2) is 29.6 Å². The number of amides is 2. The molecule has 5 nitrogen and oxygen atoms in total. The van der Waals surface area contributed by atoms with Crippen LogP contribution in [0.2, 0.25) is 0 Å². The Hall–Kier alpha value is -1.86. The van der Waals surface area contributed by atoms with Gasteiger partial charge in [0.1, 0.15) is 0 Å². The van der Waals surface area contributed by atoms with Gasteiger partial charge >= 0.3 is 0 Å². The van der Waals surface area contributed by atoms with Crippen molar-refractivity contribution in [2.75, 3.05) is 23.0 Å². The molecule has 0 spiro atoms. The normalized spacial score (nSPS) is 17.6. The molecule has 1 N–H and O–H groups in total. The first kappa shape index (κ1) is 16.0. The van der Waals surface area contributed by atoms with Gasteiger partial charge in [-0.2, -0.15) is 0 Å². The molecule has 1 aliphatic heterocycles. The maximum Gasteiger partial charge on any atom is 0.231 e. The predicted octanol–water partition coefficient (Wildman–Crippen LogP) is 3.17. The Morgan fingerprint density at radius 1 is 1.48 bits per heavy atom. The lowest BCUT2D eigenvalue weighted by Gasteiger charge is -2.17. The van der Waals surface area contributed by atoms with E-state index in [9.17, 15) is 9.59 Å². The molecule has 1 aromatic heterocycles. The van der Waals surface area contributed by atoms with E-state index < -0.39 is 0 Å². The molecule has 2 aromatic rings. The molecular formula is C16H17N3O2S2. The predicted molar refractivity (Wildman–Crippen MR) is 94.2 cm³/mol. The number of nitrogens with one attached hydrogen (secondary N) is 1. The largest absolute Gasteiger partial charge is 0.312 e. The summed E-state index contributed by atoms with van der Waals surface area (Å²) in [4.78, 5) is 31.6. The number of anilines is 2. The van der Waals surface area contributed by atoms with Gasteiger partial charge in [-0.15, -0.1) is 23.1 Å². The van der Waals surface area contributed by atoms with Crippen LogP contribution in [0.4, 0.5) is 10.8 Å². The Kier molecular flexibility index (Phi) is 4.68. The van der Waals surface area contributed by atoms with E-state index in [2.05, 4.69) is 10.3 Å². The Morgan fingerprint density at radius 2 is 2.30 bits per heavy atom. The van der Waals surface area contributed by atoms with Crippen LogP contribution >= 0.6 is 23.1 Å². The molecule has 1 aliphatic rings. The highest BCUT2D eigenvalue weighted by Gasteiger charge is 2.35. The number of rotatable bonds is 4. The SMILES string of the molecule is CSc1cccc(N2CC(C(=O)Nc3nc(C)cs3)CC2=O)c1. The van der Waals surface area contributed by atoms with Crippen molar-refractivity contribution in [2.45, 2.75) is 18.2 Å². The first-order chi connectivity index (χ1) is 11.1. The number of aryl methyl sites for hydroxylation is 1. The average molecular weight is 347 g/mol. The molecule has 0 radical (unpaired) electrons. The zero-order valence-corrected chi connectivity index (χ0v) is 14.5. The number of hydrogen-bond acceptors (Lipinski definition) is 5. The third-order valence-corrected chi connectivity index (χ3v) is 5.31. The molecule has 1 saturated heterocycles. The monoisotopic (exact) mass is 347 g/mol. The van der Waals surface area contributed by atoms with Gasteiger partial charge in [0.2, 0.25) is 11.8 Å². The van der Waals surface area contributed by atoms with Crippen molar-refractivity contribution < 1.29 is 9.59 Å². The van der Waals surface area contributed by atoms with Gasteiger partial charge < -0.3 is 10.2 Å². The van der Waals surface area contributed by atoms with Gasteiger partial charge in [0, 0.05) is 28.9 Å². The van der Waals surface area contributed by atoms with Gasteiger partial charge in [-0.05, 0) is 31.4 Å². The molecule has 7 heteroatoms. The highest BCUT2D eigenvalue weighted by molar-refractivity contribution is 7.98. The molecule has 23 heavy (non-hydrogen) atoms. The van der Waals surface area contributed by atoms with Gasteiger partial charge in [0.05, 0.1) is 11.6 Å². The van der Waals surface area contributed by atoms with Gasteiger partial charge in [0.15, 0.2) is 5.13 Å². The summed E-state index contributed by atoms with van der Waals surface area (Å²) in [5.41, 5.74) is 1.73. The van der Waals surface area contributed by atoms with Crippen molar-refractivity contribution in [1.82, 2.24) is 4.98 Å². The standard InChI is InChI=1S/C16H17N3O2S2/c1-10-9-23-16(17-10)18-15(21)11-6-14(20)19(8-11)12-4-3-5-13(7-12)22-2/h3-5,7,9,11H,6,8H2,1-2H3,(H,17,18,21). The fourth-order valence-electron chi connectivity index (χ4n) is 2.53. The smallest absolute Gasteiger partial charge is 0.231 e. The number of nitrogens with zero attached hydrogens (tertiary/aromatic N) is 2. The summed E-state index contributed by atoms with van der Waals surface area (Å²) in [6.45, 7) is 2.29. The Morgan fingerprint density at radius 3 is 3.00 bits per heavy atom. The van der Waals surface area contributed by atoms with Crippen LogP contribution in [-0.2, 0) is 9.59 Å². The van der Waals surface area contributed by atoms with Crippen molar-refractivity contribution in [3.05, 3.63) is 35.3 Å². The molecular weight excluding hydrogens is 330 g/mol. The van der Waals surface area contributed by atoms with Crippen LogP contribution in [0, 0.1) is 12.8 Å². The molecule has 2 heterocycles. The summed E-state index contributed by atoms with van der Waals surface area (Å²) in [5.74, 6) is -0.500. The number of thioether (sulfide) groups is 1. The van der Waals surface area contributed by atoms with E-state index in [1.165, 1.54) is 11.3 Å². The zero-order valence-electron chi connectivity index (χ0n) is 12.9. The third kappa shape index (κ3) is 3.56. The second kappa shape index (κ2) is 6.72. The van der Waals surface area contributed by atoms with E-state index >= 15 is 0 Å². The van der Waals surface area contributed by atoms with Crippen LogP contribution in [0.3, 0.4) is 0 Å². The van der Waals surface area contributed by atoms with Crippen LogP contribution in [0.1, 0.15) is 12.1 Å². The molecule has 1 fully saturated rings. The average Bonchev–Trinajstić information content (AvgIpc) is 3.13. The maximum absolute atomic E-state index is 12.3. The summed E-state index contributed by atoms with van der Waals surface area (Å²) in [5, 5.41) is 5.28. The lowest BCUT2D eigenvalue weighted by molar-refractivity contribution is -0.122. The number of benzene rings is 1. The quantitative estimate of drug-likeness (QED) is 0.863. The number of aromatic nitrogens is 1. The topological polar surface area (TPSA) is 62.3 Å². The molecule has 0 saturated carbocycles. The van der Waals surface area contributed by atoms with Crippen molar-refractivity contribution in [1.29, 1.82) is 0 Å². The lowest BCUT2D eigenvalue weighted by Crippen LogP contribution is -2.28. The van der Waals surface area contributed by atoms with E-state index in [0.29, 0.717) is 11.7 Å². The minimum Gasteiger partial charge on any atom is -0.312 e. The summed E-state index contributed by atoms with van der Waals surface area (Å²) < 4.78 is 0. The van der Waals surface area contributed by atoms with Crippen molar-refractivity contribution in [2.24, 2.45) is 5.92 Å².